The molecule has 0 spiro atoms. The molecule has 2 aromatic carbocycles. The van der Waals surface area contributed by atoms with Gasteiger partial charge in [0.25, 0.3) is 5.91 Å². The summed E-state index contributed by atoms with van der Waals surface area (Å²) in [5.41, 5.74) is 2.29. The number of rotatable bonds is 6. The predicted molar refractivity (Wildman–Crippen MR) is 95.6 cm³/mol. The third-order valence-corrected chi connectivity index (χ3v) is 4.20. The van der Waals surface area contributed by atoms with E-state index in [-0.39, 0.29) is 5.91 Å². The number of amides is 1. The summed E-state index contributed by atoms with van der Waals surface area (Å²) in [5.74, 6) is 1.28. The Morgan fingerprint density at radius 3 is 2.64 bits per heavy atom. The molecule has 1 aliphatic heterocycles. The molecular formula is C20H21NO4. The molecule has 5 heteroatoms. The van der Waals surface area contributed by atoms with Crippen molar-refractivity contribution in [2.75, 3.05) is 18.1 Å². The van der Waals surface area contributed by atoms with E-state index in [1.54, 1.807) is 23.1 Å². The number of aldehydes is 1. The van der Waals surface area contributed by atoms with Gasteiger partial charge in [0.2, 0.25) is 0 Å². The van der Waals surface area contributed by atoms with Gasteiger partial charge in [0.05, 0.1) is 12.2 Å². The van der Waals surface area contributed by atoms with Gasteiger partial charge in [-0.05, 0) is 43.7 Å². The van der Waals surface area contributed by atoms with Crippen LogP contribution in [0, 0.1) is 6.92 Å². The smallest absolute Gasteiger partial charge is 0.268 e. The first kappa shape index (κ1) is 17.0. The molecule has 1 aliphatic rings. The van der Waals surface area contributed by atoms with E-state index in [1.807, 2.05) is 38.1 Å². The van der Waals surface area contributed by atoms with Gasteiger partial charge in [0.15, 0.2) is 6.10 Å². The molecule has 0 saturated carbocycles. The van der Waals surface area contributed by atoms with Crippen LogP contribution >= 0.6 is 0 Å². The van der Waals surface area contributed by atoms with E-state index in [2.05, 4.69) is 0 Å². The molecule has 2 aromatic rings. The number of ether oxygens (including phenoxy) is 2. The topological polar surface area (TPSA) is 55.8 Å². The lowest BCUT2D eigenvalue weighted by molar-refractivity contribution is -0.126. The Morgan fingerprint density at radius 2 is 1.96 bits per heavy atom. The summed E-state index contributed by atoms with van der Waals surface area (Å²) in [6.45, 7) is 4.68. The van der Waals surface area contributed by atoms with Crippen molar-refractivity contribution >= 4 is 17.9 Å². The molecule has 0 aromatic heterocycles. The zero-order valence-corrected chi connectivity index (χ0v) is 14.4. The van der Waals surface area contributed by atoms with Crippen LogP contribution in [-0.2, 0) is 4.79 Å². The molecule has 0 saturated heterocycles. The summed E-state index contributed by atoms with van der Waals surface area (Å²) in [6, 6.07) is 12.9. The Kier molecular flexibility index (Phi) is 5.03. The molecule has 1 atom stereocenters. The van der Waals surface area contributed by atoms with Crippen LogP contribution in [0.15, 0.2) is 42.5 Å². The maximum Gasteiger partial charge on any atom is 0.268 e. The number of aryl methyl sites for hydroxylation is 1. The van der Waals surface area contributed by atoms with Crippen LogP contribution in [0.5, 0.6) is 11.5 Å². The molecule has 0 radical (unpaired) electrons. The summed E-state index contributed by atoms with van der Waals surface area (Å²) in [5, 5.41) is 0. The highest BCUT2D eigenvalue weighted by Crippen LogP contribution is 2.35. The number of carbonyl (C=O) groups is 2. The summed E-state index contributed by atoms with van der Waals surface area (Å²) in [6.07, 6.45) is 0.842. The van der Waals surface area contributed by atoms with E-state index in [0.29, 0.717) is 36.6 Å². The minimum absolute atomic E-state index is 0.106. The Bertz CT molecular complexity index is 770. The van der Waals surface area contributed by atoms with Crippen LogP contribution in [-0.4, -0.2) is 31.4 Å². The second-order valence-electron chi connectivity index (χ2n) is 6.01. The highest BCUT2D eigenvalue weighted by Gasteiger charge is 2.33. The molecule has 25 heavy (non-hydrogen) atoms. The molecule has 5 nitrogen and oxygen atoms in total. The van der Waals surface area contributed by atoms with Crippen molar-refractivity contribution in [3.63, 3.8) is 0 Å². The lowest BCUT2D eigenvalue weighted by atomic mass is 10.1. The molecule has 1 amide bonds. The fourth-order valence-electron chi connectivity index (χ4n) is 2.79. The lowest BCUT2D eigenvalue weighted by Crippen LogP contribution is -2.47. The predicted octanol–water partition coefficient (Wildman–Crippen LogP) is 3.39. The standard InChI is InChI=1S/C20H21NO4/c1-3-18-20(23)21(10-11-24-16-7-4-14(2)5-8-16)17-12-15(13-22)6-9-19(17)25-18/h4-9,12-13,18H,3,10-11H2,1-2H3. The molecule has 130 valence electrons. The van der Waals surface area contributed by atoms with E-state index in [4.69, 9.17) is 9.47 Å². The Hall–Kier alpha value is -2.82. The number of hydrogen-bond donors (Lipinski definition) is 0. The van der Waals surface area contributed by atoms with E-state index in [1.165, 1.54) is 0 Å². The average molecular weight is 339 g/mol. The normalized spacial score (nSPS) is 16.2. The minimum atomic E-state index is -0.506. The molecular weight excluding hydrogens is 318 g/mol. The van der Waals surface area contributed by atoms with Gasteiger partial charge >= 0.3 is 0 Å². The summed E-state index contributed by atoms with van der Waals surface area (Å²) in [4.78, 5) is 25.4. The van der Waals surface area contributed by atoms with Crippen molar-refractivity contribution in [1.82, 2.24) is 0 Å². The third-order valence-electron chi connectivity index (χ3n) is 4.20. The van der Waals surface area contributed by atoms with Crippen molar-refractivity contribution < 1.29 is 19.1 Å². The minimum Gasteiger partial charge on any atom is -0.492 e. The van der Waals surface area contributed by atoms with Gasteiger partial charge < -0.3 is 14.4 Å². The van der Waals surface area contributed by atoms with Gasteiger partial charge in [0, 0.05) is 5.56 Å². The van der Waals surface area contributed by atoms with Gasteiger partial charge in [-0.2, -0.15) is 0 Å². The van der Waals surface area contributed by atoms with Crippen LogP contribution in [0.1, 0.15) is 29.3 Å². The summed E-state index contributed by atoms with van der Waals surface area (Å²) in [7, 11) is 0. The molecule has 0 aliphatic carbocycles. The van der Waals surface area contributed by atoms with Gasteiger partial charge in [-0.25, -0.2) is 0 Å². The van der Waals surface area contributed by atoms with Gasteiger partial charge in [-0.1, -0.05) is 24.6 Å². The highest BCUT2D eigenvalue weighted by molar-refractivity contribution is 6.00. The third kappa shape index (κ3) is 3.65. The Balaban J connectivity index is 1.77. The maximum atomic E-state index is 12.7. The monoisotopic (exact) mass is 339 g/mol. The largest absolute Gasteiger partial charge is 0.492 e. The summed E-state index contributed by atoms with van der Waals surface area (Å²) < 4.78 is 11.5. The van der Waals surface area contributed by atoms with Crippen LogP contribution < -0.4 is 14.4 Å². The zero-order valence-electron chi connectivity index (χ0n) is 14.4. The quantitative estimate of drug-likeness (QED) is 0.757. The van der Waals surface area contributed by atoms with Crippen molar-refractivity contribution in [2.24, 2.45) is 0 Å². The fourth-order valence-corrected chi connectivity index (χ4v) is 2.79. The maximum absolute atomic E-state index is 12.7. The SMILES string of the molecule is CCC1Oc2ccc(C=O)cc2N(CCOc2ccc(C)cc2)C1=O. The number of carbonyl (C=O) groups excluding carboxylic acids is 2. The Morgan fingerprint density at radius 1 is 1.20 bits per heavy atom. The van der Waals surface area contributed by atoms with Crippen molar-refractivity contribution in [3.05, 3.63) is 53.6 Å². The summed E-state index contributed by atoms with van der Waals surface area (Å²) >= 11 is 0. The molecule has 0 N–H and O–H groups in total. The number of hydrogen-bond acceptors (Lipinski definition) is 4. The highest BCUT2D eigenvalue weighted by atomic mass is 16.5. The number of fused-ring (bicyclic) bond motifs is 1. The second kappa shape index (κ2) is 7.38. The van der Waals surface area contributed by atoms with Gasteiger partial charge in [-0.15, -0.1) is 0 Å². The first-order valence-corrected chi connectivity index (χ1v) is 8.39. The number of nitrogens with zero attached hydrogens (tertiary/aromatic N) is 1. The molecule has 3 rings (SSSR count). The molecule has 0 fully saturated rings. The average Bonchev–Trinajstić information content (AvgIpc) is 2.64. The van der Waals surface area contributed by atoms with Crippen molar-refractivity contribution in [1.29, 1.82) is 0 Å². The van der Waals surface area contributed by atoms with E-state index < -0.39 is 6.10 Å². The van der Waals surface area contributed by atoms with Gasteiger partial charge in [0.1, 0.15) is 24.4 Å². The van der Waals surface area contributed by atoms with Crippen molar-refractivity contribution in [3.8, 4) is 11.5 Å². The van der Waals surface area contributed by atoms with Gasteiger partial charge in [-0.3, -0.25) is 9.59 Å². The van der Waals surface area contributed by atoms with E-state index in [9.17, 15) is 9.59 Å². The fraction of sp³-hybridized carbons (Fsp3) is 0.300. The van der Waals surface area contributed by atoms with Crippen LogP contribution in [0.3, 0.4) is 0 Å². The first-order chi connectivity index (χ1) is 12.1. The molecule has 1 heterocycles. The van der Waals surface area contributed by atoms with Crippen molar-refractivity contribution in [2.45, 2.75) is 26.4 Å². The van der Waals surface area contributed by atoms with E-state index in [0.717, 1.165) is 17.6 Å². The molecule has 0 bridgehead atoms. The second-order valence-corrected chi connectivity index (χ2v) is 6.01. The Labute approximate surface area is 147 Å². The lowest BCUT2D eigenvalue weighted by Gasteiger charge is -2.34. The van der Waals surface area contributed by atoms with Crippen LogP contribution in [0.2, 0.25) is 0 Å². The number of benzene rings is 2. The van der Waals surface area contributed by atoms with E-state index >= 15 is 0 Å². The van der Waals surface area contributed by atoms with Crippen LogP contribution in [0.25, 0.3) is 0 Å². The van der Waals surface area contributed by atoms with Crippen LogP contribution in [0.4, 0.5) is 5.69 Å². The zero-order chi connectivity index (χ0) is 17.8. The first-order valence-electron chi connectivity index (χ1n) is 8.39. The molecule has 1 unspecified atom stereocenters. The number of anilines is 1.